The molecule has 2 rings (SSSR count). The number of phenols is 1. The van der Waals surface area contributed by atoms with E-state index in [0.29, 0.717) is 0 Å². The van der Waals surface area contributed by atoms with Crippen molar-refractivity contribution in [2.75, 3.05) is 0 Å². The van der Waals surface area contributed by atoms with Crippen LogP contribution in [-0.4, -0.2) is 56.5 Å². The topological polar surface area (TPSA) is 218 Å². The van der Waals surface area contributed by atoms with Crippen LogP contribution in [0.25, 0.3) is 10.4 Å². The first-order chi connectivity index (χ1) is 11.5. The highest BCUT2D eigenvalue weighted by Crippen LogP contribution is 2.23. The lowest BCUT2D eigenvalue weighted by Gasteiger charge is -2.02. The monoisotopic (exact) mass is 374 g/mol. The number of carboxylic acid groups (broad SMARTS) is 1. The number of rotatable bonds is 3. The van der Waals surface area contributed by atoms with Crippen LogP contribution in [0.2, 0.25) is 0 Å². The third-order valence-electron chi connectivity index (χ3n) is 2.81. The van der Waals surface area contributed by atoms with Gasteiger partial charge in [0.05, 0.1) is 6.42 Å². The number of hydrogen-bond acceptors (Lipinski definition) is 8. The van der Waals surface area contributed by atoms with Gasteiger partial charge in [0.25, 0.3) is 21.9 Å². The van der Waals surface area contributed by atoms with Crippen LogP contribution >= 0.6 is 0 Å². The number of imide groups is 1. The van der Waals surface area contributed by atoms with Gasteiger partial charge in [-0.2, -0.15) is 13.5 Å². The van der Waals surface area contributed by atoms with Crippen LogP contribution in [-0.2, 0) is 19.7 Å². The fraction of sp³-hybridized carbons (Fsp3) is 0.182. The molecule has 1 fully saturated rings. The van der Waals surface area contributed by atoms with E-state index in [-0.39, 0.29) is 16.3 Å². The molecule has 2 amide bonds. The van der Waals surface area contributed by atoms with Gasteiger partial charge < -0.3 is 10.2 Å². The molecule has 13 nitrogen and oxygen atoms in total. The normalized spacial score (nSPS) is 16.7. The molecular weight excluding hydrogens is 364 g/mol. The molecule has 134 valence electrons. The third kappa shape index (κ3) is 4.89. The molecule has 1 heterocycles. The summed E-state index contributed by atoms with van der Waals surface area (Å²) >= 11 is 0. The zero-order valence-electron chi connectivity index (χ0n) is 12.0. The second-order valence-corrected chi connectivity index (χ2v) is 6.05. The van der Waals surface area contributed by atoms with E-state index >= 15 is 0 Å². The average Bonchev–Trinajstić information content (AvgIpc) is 2.75. The van der Waals surface area contributed by atoms with Gasteiger partial charge in [-0.3, -0.25) is 19.3 Å². The number of hydrogen-bond donors (Lipinski definition) is 4. The first-order valence-corrected chi connectivity index (χ1v) is 7.62. The molecule has 0 spiro atoms. The van der Waals surface area contributed by atoms with Crippen LogP contribution in [0.5, 0.6) is 5.75 Å². The summed E-state index contributed by atoms with van der Waals surface area (Å²) < 4.78 is 29.1. The Morgan fingerprint density at radius 1 is 1.36 bits per heavy atom. The molecular formula is C11H10N4O9S. The number of benzene rings is 1. The summed E-state index contributed by atoms with van der Waals surface area (Å²) in [6, 6.07) is 3.56. The van der Waals surface area contributed by atoms with Crippen molar-refractivity contribution in [2.24, 2.45) is 5.11 Å². The van der Waals surface area contributed by atoms with Crippen LogP contribution in [0.4, 0.5) is 5.69 Å². The van der Waals surface area contributed by atoms with Crippen LogP contribution in [0.3, 0.4) is 0 Å². The number of carboxylic acids is 1. The van der Waals surface area contributed by atoms with E-state index in [1.54, 1.807) is 0 Å². The summed E-state index contributed by atoms with van der Waals surface area (Å²) in [6.45, 7) is 0. The van der Waals surface area contributed by atoms with Gasteiger partial charge in [0.15, 0.2) is 5.25 Å². The largest absolute Gasteiger partial charge is 0.507 e. The van der Waals surface area contributed by atoms with Gasteiger partial charge in [-0.05, 0) is 17.7 Å². The summed E-state index contributed by atoms with van der Waals surface area (Å²) in [5, 5.41) is 27.2. The Kier molecular flexibility index (Phi) is 6.03. The highest BCUT2D eigenvalue weighted by Gasteiger charge is 2.45. The van der Waals surface area contributed by atoms with E-state index in [0.717, 1.165) is 6.07 Å². The van der Waals surface area contributed by atoms with Gasteiger partial charge in [0.2, 0.25) is 0 Å². The molecule has 0 saturated carbocycles. The van der Waals surface area contributed by atoms with Crippen LogP contribution in [0, 0.1) is 0 Å². The van der Waals surface area contributed by atoms with Gasteiger partial charge in [0.1, 0.15) is 11.3 Å². The van der Waals surface area contributed by atoms with Crippen molar-refractivity contribution in [3.8, 4) is 5.75 Å². The van der Waals surface area contributed by atoms with E-state index in [4.69, 9.17) is 25.5 Å². The Hall–Kier alpha value is -3.19. The summed E-state index contributed by atoms with van der Waals surface area (Å²) in [6.07, 6.45) is -0.714. The molecule has 1 unspecified atom stereocenters. The SMILES string of the molecule is O=C1CC(S(=O)(=O)O)C(=O)N1O.[N-]=[N+]=Nc1ccc(C(=O)O)c(O)c1. The first kappa shape index (κ1) is 19.9. The summed E-state index contributed by atoms with van der Waals surface area (Å²) in [4.78, 5) is 34.1. The lowest BCUT2D eigenvalue weighted by atomic mass is 10.2. The van der Waals surface area contributed by atoms with Gasteiger partial charge >= 0.3 is 5.97 Å². The fourth-order valence-corrected chi connectivity index (χ4v) is 2.35. The Balaban J connectivity index is 0.000000251. The number of amides is 2. The van der Waals surface area contributed by atoms with Crippen LogP contribution < -0.4 is 0 Å². The maximum atomic E-state index is 10.7. The van der Waals surface area contributed by atoms with Crippen molar-refractivity contribution in [1.29, 1.82) is 0 Å². The zero-order chi connectivity index (χ0) is 19.4. The Morgan fingerprint density at radius 3 is 2.28 bits per heavy atom. The Labute approximate surface area is 139 Å². The standard InChI is InChI=1S/C7H5N3O3.C4H5NO6S/c8-10-9-4-1-2-5(7(12)13)6(11)3-4;6-3-1-2(12(9,10)11)4(7)5(3)8/h1-3,11H,(H,12,13);2,8H,1H2,(H,9,10,11). The lowest BCUT2D eigenvalue weighted by Crippen LogP contribution is -2.32. The second-order valence-electron chi connectivity index (χ2n) is 4.45. The number of aromatic carboxylic acids is 1. The van der Waals surface area contributed by atoms with Crippen LogP contribution in [0.15, 0.2) is 23.3 Å². The summed E-state index contributed by atoms with van der Waals surface area (Å²) in [5.74, 6) is -4.01. The van der Waals surface area contributed by atoms with E-state index in [1.807, 2.05) is 0 Å². The van der Waals surface area contributed by atoms with Gasteiger partial charge in [-0.1, -0.05) is 11.2 Å². The Bertz CT molecular complexity index is 876. The number of hydroxylamine groups is 2. The number of carbonyl (C=O) groups is 3. The zero-order valence-corrected chi connectivity index (χ0v) is 12.9. The molecule has 25 heavy (non-hydrogen) atoms. The maximum absolute atomic E-state index is 10.7. The van der Waals surface area contributed by atoms with Crippen molar-refractivity contribution in [3.63, 3.8) is 0 Å². The van der Waals surface area contributed by atoms with Crippen molar-refractivity contribution in [3.05, 3.63) is 34.2 Å². The molecule has 0 bridgehead atoms. The maximum Gasteiger partial charge on any atom is 0.339 e. The van der Waals surface area contributed by atoms with Crippen molar-refractivity contribution in [1.82, 2.24) is 5.06 Å². The quantitative estimate of drug-likeness (QED) is 0.144. The van der Waals surface area contributed by atoms with E-state index in [9.17, 15) is 22.8 Å². The minimum absolute atomic E-state index is 0.171. The predicted molar refractivity (Wildman–Crippen MR) is 77.5 cm³/mol. The molecule has 1 aromatic carbocycles. The minimum atomic E-state index is -4.59. The molecule has 0 aliphatic carbocycles. The fourth-order valence-electron chi connectivity index (χ4n) is 1.64. The third-order valence-corrected chi connectivity index (χ3v) is 3.90. The number of nitrogens with zero attached hydrogens (tertiary/aromatic N) is 4. The molecule has 1 aromatic rings. The summed E-state index contributed by atoms with van der Waals surface area (Å²) in [7, 11) is -4.59. The predicted octanol–water partition coefficient (Wildman–Crippen LogP) is 0.423. The Morgan fingerprint density at radius 2 is 1.96 bits per heavy atom. The smallest absolute Gasteiger partial charge is 0.339 e. The van der Waals surface area contributed by atoms with Crippen molar-refractivity contribution < 1.29 is 42.8 Å². The lowest BCUT2D eigenvalue weighted by molar-refractivity contribution is -0.171. The van der Waals surface area contributed by atoms with E-state index in [2.05, 4.69) is 10.0 Å². The number of aromatic hydroxyl groups is 1. The molecule has 0 radical (unpaired) electrons. The molecule has 1 saturated heterocycles. The molecule has 4 N–H and O–H groups in total. The van der Waals surface area contributed by atoms with Crippen LogP contribution in [0.1, 0.15) is 16.8 Å². The number of carbonyl (C=O) groups excluding carboxylic acids is 2. The molecule has 1 atom stereocenters. The molecule has 1 aliphatic heterocycles. The average molecular weight is 374 g/mol. The summed E-state index contributed by atoms with van der Waals surface area (Å²) in [5.41, 5.74) is 8.00. The van der Waals surface area contributed by atoms with E-state index < -0.39 is 45.3 Å². The molecule has 0 aromatic heterocycles. The van der Waals surface area contributed by atoms with E-state index in [1.165, 1.54) is 12.1 Å². The first-order valence-electron chi connectivity index (χ1n) is 6.12. The molecule has 14 heteroatoms. The second kappa shape index (κ2) is 7.59. The van der Waals surface area contributed by atoms with Crippen molar-refractivity contribution in [2.45, 2.75) is 11.7 Å². The van der Waals surface area contributed by atoms with Gasteiger partial charge in [-0.25, -0.2) is 4.79 Å². The highest BCUT2D eigenvalue weighted by atomic mass is 32.2. The molecule has 1 aliphatic rings. The number of azide groups is 1. The van der Waals surface area contributed by atoms with Gasteiger partial charge in [-0.15, -0.1) is 0 Å². The highest BCUT2D eigenvalue weighted by molar-refractivity contribution is 7.87. The van der Waals surface area contributed by atoms with Crippen molar-refractivity contribution >= 4 is 33.6 Å². The van der Waals surface area contributed by atoms with Gasteiger partial charge in [0, 0.05) is 10.6 Å². The minimum Gasteiger partial charge on any atom is -0.507 e.